The molecule has 2 rings (SSSR count). The Bertz CT molecular complexity index is 495. The third-order valence-electron chi connectivity index (χ3n) is 2.89. The number of esters is 1. The van der Waals surface area contributed by atoms with Crippen LogP contribution in [-0.2, 0) is 9.53 Å². The van der Waals surface area contributed by atoms with Crippen molar-refractivity contribution < 1.29 is 23.8 Å². The van der Waals surface area contributed by atoms with E-state index < -0.39 is 0 Å². The Morgan fingerprint density at radius 3 is 2.65 bits per heavy atom. The number of hydrogen-bond donors (Lipinski definition) is 0. The number of carbonyl (C=O) groups excluding carboxylic acids is 2. The number of rotatable bonds is 6. The summed E-state index contributed by atoms with van der Waals surface area (Å²) >= 11 is 0. The van der Waals surface area contributed by atoms with Crippen molar-refractivity contribution in [3.05, 3.63) is 23.8 Å². The minimum Gasteiger partial charge on any atom is -0.486 e. The lowest BCUT2D eigenvalue weighted by Crippen LogP contribution is -2.16. The summed E-state index contributed by atoms with van der Waals surface area (Å²) in [5.41, 5.74) is 0.526. The fraction of sp³-hybridized carbons (Fsp3) is 0.467. The molecule has 0 saturated carbocycles. The van der Waals surface area contributed by atoms with Gasteiger partial charge in [-0.15, -0.1) is 0 Å². The van der Waals surface area contributed by atoms with Crippen LogP contribution in [0, 0.1) is 0 Å². The van der Waals surface area contributed by atoms with Crippen LogP contribution in [0.5, 0.6) is 11.5 Å². The quantitative estimate of drug-likeness (QED) is 0.590. The Morgan fingerprint density at radius 1 is 1.15 bits per heavy atom. The monoisotopic (exact) mass is 278 g/mol. The van der Waals surface area contributed by atoms with Crippen LogP contribution in [0.2, 0.25) is 0 Å². The lowest BCUT2D eigenvalue weighted by molar-refractivity contribution is -0.143. The lowest BCUT2D eigenvalue weighted by Gasteiger charge is -2.18. The highest BCUT2D eigenvalue weighted by atomic mass is 16.6. The molecule has 0 N–H and O–H groups in total. The molecule has 5 nitrogen and oxygen atoms in total. The van der Waals surface area contributed by atoms with Gasteiger partial charge in [0.1, 0.15) is 13.2 Å². The van der Waals surface area contributed by atoms with Gasteiger partial charge in [-0.25, -0.2) is 0 Å². The molecule has 0 bridgehead atoms. The minimum absolute atomic E-state index is 0.101. The Morgan fingerprint density at radius 2 is 1.90 bits per heavy atom. The van der Waals surface area contributed by atoms with E-state index in [1.807, 2.05) is 6.92 Å². The standard InChI is InChI=1S/C15H18O5/c1-2-7-20-15(17)6-4-12(16)11-3-5-13-14(10-11)19-9-8-18-13/h3,5,10H,2,4,6-9H2,1H3. The van der Waals surface area contributed by atoms with Crippen molar-refractivity contribution in [2.45, 2.75) is 26.2 Å². The molecule has 1 heterocycles. The first-order valence-electron chi connectivity index (χ1n) is 6.79. The van der Waals surface area contributed by atoms with Gasteiger partial charge in [0.15, 0.2) is 17.3 Å². The molecule has 0 fully saturated rings. The fourth-order valence-corrected chi connectivity index (χ4v) is 1.86. The number of benzene rings is 1. The van der Waals surface area contributed by atoms with E-state index >= 15 is 0 Å². The molecule has 1 aliphatic heterocycles. The van der Waals surface area contributed by atoms with Crippen LogP contribution < -0.4 is 9.47 Å². The number of Topliss-reactive ketones (excluding diaryl/α,β-unsaturated/α-hetero) is 1. The number of carbonyl (C=O) groups is 2. The number of ether oxygens (including phenoxy) is 3. The summed E-state index contributed by atoms with van der Waals surface area (Å²) in [6, 6.07) is 5.07. The van der Waals surface area contributed by atoms with Gasteiger partial charge in [-0.1, -0.05) is 6.92 Å². The van der Waals surface area contributed by atoms with E-state index in [2.05, 4.69) is 0 Å². The Balaban J connectivity index is 1.91. The number of ketones is 1. The van der Waals surface area contributed by atoms with Gasteiger partial charge >= 0.3 is 5.97 Å². The zero-order valence-electron chi connectivity index (χ0n) is 11.5. The summed E-state index contributed by atoms with van der Waals surface area (Å²) in [5, 5.41) is 0. The first-order chi connectivity index (χ1) is 9.70. The average Bonchev–Trinajstić information content (AvgIpc) is 2.50. The van der Waals surface area contributed by atoms with Crippen molar-refractivity contribution in [1.29, 1.82) is 0 Å². The van der Waals surface area contributed by atoms with Gasteiger partial charge in [0, 0.05) is 12.0 Å². The third-order valence-corrected chi connectivity index (χ3v) is 2.89. The molecular formula is C15H18O5. The molecule has 0 saturated heterocycles. The highest BCUT2D eigenvalue weighted by Crippen LogP contribution is 2.31. The minimum atomic E-state index is -0.335. The fourth-order valence-electron chi connectivity index (χ4n) is 1.86. The predicted molar refractivity (Wildman–Crippen MR) is 72.2 cm³/mol. The molecule has 0 aromatic heterocycles. The third kappa shape index (κ3) is 3.73. The predicted octanol–water partition coefficient (Wildman–Crippen LogP) is 2.37. The summed E-state index contributed by atoms with van der Waals surface area (Å²) in [7, 11) is 0. The smallest absolute Gasteiger partial charge is 0.306 e. The van der Waals surface area contributed by atoms with Crippen LogP contribution in [0.4, 0.5) is 0 Å². The van der Waals surface area contributed by atoms with E-state index in [4.69, 9.17) is 14.2 Å². The topological polar surface area (TPSA) is 61.8 Å². The maximum Gasteiger partial charge on any atom is 0.306 e. The molecule has 0 radical (unpaired) electrons. The summed E-state index contributed by atoms with van der Waals surface area (Å²) < 4.78 is 15.7. The van der Waals surface area contributed by atoms with Gasteiger partial charge in [0.2, 0.25) is 0 Å². The largest absolute Gasteiger partial charge is 0.486 e. The van der Waals surface area contributed by atoms with Crippen molar-refractivity contribution in [3.8, 4) is 11.5 Å². The van der Waals surface area contributed by atoms with Gasteiger partial charge in [0.25, 0.3) is 0 Å². The lowest BCUT2D eigenvalue weighted by atomic mass is 10.1. The van der Waals surface area contributed by atoms with Crippen LogP contribution in [0.1, 0.15) is 36.5 Å². The normalized spacial score (nSPS) is 12.8. The molecule has 108 valence electrons. The van der Waals surface area contributed by atoms with Crippen molar-refractivity contribution in [1.82, 2.24) is 0 Å². The second kappa shape index (κ2) is 6.93. The van der Waals surface area contributed by atoms with Crippen molar-refractivity contribution in [3.63, 3.8) is 0 Å². The Labute approximate surface area is 117 Å². The average molecular weight is 278 g/mol. The van der Waals surface area contributed by atoms with Gasteiger partial charge in [0.05, 0.1) is 13.0 Å². The molecule has 0 amide bonds. The zero-order chi connectivity index (χ0) is 14.4. The Hall–Kier alpha value is -2.04. The zero-order valence-corrected chi connectivity index (χ0v) is 11.5. The number of hydrogen-bond acceptors (Lipinski definition) is 5. The highest BCUT2D eigenvalue weighted by Gasteiger charge is 2.15. The summed E-state index contributed by atoms with van der Waals surface area (Å²) in [6.07, 6.45) is 1.03. The van der Waals surface area contributed by atoms with E-state index in [1.54, 1.807) is 18.2 Å². The van der Waals surface area contributed by atoms with Gasteiger partial charge in [-0.3, -0.25) is 9.59 Å². The second-order valence-corrected chi connectivity index (χ2v) is 4.50. The van der Waals surface area contributed by atoms with E-state index in [-0.39, 0.29) is 24.6 Å². The van der Waals surface area contributed by atoms with Crippen LogP contribution in [0.25, 0.3) is 0 Å². The molecule has 0 aliphatic carbocycles. The van der Waals surface area contributed by atoms with Crippen molar-refractivity contribution in [2.75, 3.05) is 19.8 Å². The van der Waals surface area contributed by atoms with Gasteiger partial charge in [-0.2, -0.15) is 0 Å². The van der Waals surface area contributed by atoms with E-state index in [9.17, 15) is 9.59 Å². The van der Waals surface area contributed by atoms with Crippen LogP contribution in [0.3, 0.4) is 0 Å². The molecule has 1 aromatic carbocycles. The summed E-state index contributed by atoms with van der Waals surface area (Å²) in [5.74, 6) is 0.791. The van der Waals surface area contributed by atoms with Crippen LogP contribution in [0.15, 0.2) is 18.2 Å². The van der Waals surface area contributed by atoms with Crippen molar-refractivity contribution >= 4 is 11.8 Å². The van der Waals surface area contributed by atoms with Gasteiger partial charge < -0.3 is 14.2 Å². The van der Waals surface area contributed by atoms with E-state index in [1.165, 1.54) is 0 Å². The molecular weight excluding hydrogens is 260 g/mol. The maximum absolute atomic E-state index is 12.0. The molecule has 20 heavy (non-hydrogen) atoms. The Kier molecular flexibility index (Phi) is 4.98. The van der Waals surface area contributed by atoms with Crippen molar-refractivity contribution in [2.24, 2.45) is 0 Å². The van der Waals surface area contributed by atoms with E-state index in [0.29, 0.717) is 36.9 Å². The van der Waals surface area contributed by atoms with Crippen LogP contribution in [-0.4, -0.2) is 31.6 Å². The van der Waals surface area contributed by atoms with Crippen LogP contribution >= 0.6 is 0 Å². The molecule has 1 aromatic rings. The van der Waals surface area contributed by atoms with E-state index in [0.717, 1.165) is 6.42 Å². The molecule has 1 aliphatic rings. The molecule has 0 atom stereocenters. The molecule has 0 unspecified atom stereocenters. The van der Waals surface area contributed by atoms with Gasteiger partial charge in [-0.05, 0) is 24.6 Å². The number of fused-ring (bicyclic) bond motifs is 1. The summed E-state index contributed by atoms with van der Waals surface area (Å²) in [6.45, 7) is 3.32. The molecule has 0 spiro atoms. The first-order valence-corrected chi connectivity index (χ1v) is 6.79. The SMILES string of the molecule is CCCOC(=O)CCC(=O)c1ccc2c(c1)OCCO2. The highest BCUT2D eigenvalue weighted by molar-refractivity contribution is 5.98. The first kappa shape index (κ1) is 14.4. The maximum atomic E-state index is 12.0. The second-order valence-electron chi connectivity index (χ2n) is 4.50. The molecule has 5 heteroatoms. The summed E-state index contributed by atoms with van der Waals surface area (Å²) in [4.78, 5) is 23.4.